The maximum atomic E-state index is 11.8. The van der Waals surface area contributed by atoms with E-state index in [1.165, 1.54) is 23.8 Å². The van der Waals surface area contributed by atoms with Gasteiger partial charge in [0.05, 0.1) is 0 Å². The van der Waals surface area contributed by atoms with Crippen molar-refractivity contribution in [1.82, 2.24) is 5.32 Å². The van der Waals surface area contributed by atoms with E-state index in [1.807, 2.05) is 18.2 Å². The van der Waals surface area contributed by atoms with Crippen molar-refractivity contribution < 1.29 is 15.0 Å². The van der Waals surface area contributed by atoms with Gasteiger partial charge in [-0.15, -0.1) is 0 Å². The number of amides is 1. The van der Waals surface area contributed by atoms with E-state index in [9.17, 15) is 15.0 Å². The molecule has 0 saturated carbocycles. The van der Waals surface area contributed by atoms with Crippen LogP contribution in [0.4, 0.5) is 0 Å². The van der Waals surface area contributed by atoms with Crippen LogP contribution in [0.2, 0.25) is 0 Å². The smallest absolute Gasteiger partial charge is 0.251 e. The Balaban J connectivity index is 1.71. The molecule has 4 nitrogen and oxygen atoms in total. The largest absolute Gasteiger partial charge is 0.504 e. The fourth-order valence-electron chi connectivity index (χ4n) is 2.07. The van der Waals surface area contributed by atoms with Crippen molar-refractivity contribution in [3.63, 3.8) is 0 Å². The van der Waals surface area contributed by atoms with Gasteiger partial charge in [0.15, 0.2) is 11.5 Å². The molecule has 0 saturated heterocycles. The van der Waals surface area contributed by atoms with Gasteiger partial charge in [0, 0.05) is 12.1 Å². The Bertz CT molecular complexity index is 596. The van der Waals surface area contributed by atoms with E-state index in [0.717, 1.165) is 19.3 Å². The van der Waals surface area contributed by atoms with E-state index in [4.69, 9.17) is 0 Å². The Morgan fingerprint density at radius 3 is 2.43 bits per heavy atom. The minimum atomic E-state index is -0.285. The molecule has 4 heteroatoms. The Hall–Kier alpha value is -2.49. The highest BCUT2D eigenvalue weighted by Gasteiger charge is 2.07. The summed E-state index contributed by atoms with van der Waals surface area (Å²) in [5.41, 5.74) is 1.64. The highest BCUT2D eigenvalue weighted by Crippen LogP contribution is 2.24. The van der Waals surface area contributed by atoms with Gasteiger partial charge < -0.3 is 15.5 Å². The van der Waals surface area contributed by atoms with E-state index in [-0.39, 0.29) is 17.4 Å². The summed E-state index contributed by atoms with van der Waals surface area (Å²) in [6.07, 6.45) is 2.90. The van der Waals surface area contributed by atoms with Crippen molar-refractivity contribution in [2.45, 2.75) is 19.3 Å². The van der Waals surface area contributed by atoms with Gasteiger partial charge in [-0.25, -0.2) is 0 Å². The van der Waals surface area contributed by atoms with Crippen LogP contribution in [0.3, 0.4) is 0 Å². The number of nitrogens with one attached hydrogen (secondary N) is 1. The lowest BCUT2D eigenvalue weighted by Crippen LogP contribution is -2.24. The maximum Gasteiger partial charge on any atom is 0.251 e. The second-order valence-electron chi connectivity index (χ2n) is 4.90. The number of aromatic hydroxyl groups is 2. The second-order valence-corrected chi connectivity index (χ2v) is 4.90. The lowest BCUT2D eigenvalue weighted by Gasteiger charge is -2.06. The molecule has 0 aromatic heterocycles. The van der Waals surface area contributed by atoms with Gasteiger partial charge in [0.2, 0.25) is 0 Å². The maximum absolute atomic E-state index is 11.8. The molecule has 1 amide bonds. The molecule has 2 rings (SSSR count). The number of benzene rings is 2. The molecular weight excluding hydrogens is 266 g/mol. The number of phenols is 2. The van der Waals surface area contributed by atoms with Gasteiger partial charge in [-0.1, -0.05) is 30.3 Å². The second kappa shape index (κ2) is 7.33. The van der Waals surface area contributed by atoms with Gasteiger partial charge in [-0.2, -0.15) is 0 Å². The first-order valence-corrected chi connectivity index (χ1v) is 7.01. The highest BCUT2D eigenvalue weighted by molar-refractivity contribution is 5.94. The zero-order valence-electron chi connectivity index (χ0n) is 11.7. The molecule has 0 aliphatic carbocycles. The molecule has 21 heavy (non-hydrogen) atoms. The number of unbranched alkanes of at least 4 members (excludes halogenated alkanes) is 1. The van der Waals surface area contributed by atoms with Crippen molar-refractivity contribution in [3.05, 3.63) is 59.7 Å². The van der Waals surface area contributed by atoms with E-state index < -0.39 is 0 Å². The van der Waals surface area contributed by atoms with Crippen LogP contribution in [0.25, 0.3) is 0 Å². The van der Waals surface area contributed by atoms with Crippen molar-refractivity contribution in [1.29, 1.82) is 0 Å². The van der Waals surface area contributed by atoms with Gasteiger partial charge in [-0.3, -0.25) is 4.79 Å². The molecule has 0 atom stereocenters. The average Bonchev–Trinajstić information content (AvgIpc) is 2.50. The van der Waals surface area contributed by atoms with Crippen molar-refractivity contribution in [2.75, 3.05) is 6.54 Å². The first kappa shape index (κ1) is 14.9. The van der Waals surface area contributed by atoms with Crippen LogP contribution in [0, 0.1) is 0 Å². The average molecular weight is 285 g/mol. The van der Waals surface area contributed by atoms with Crippen molar-refractivity contribution in [3.8, 4) is 11.5 Å². The summed E-state index contributed by atoms with van der Waals surface area (Å²) >= 11 is 0. The van der Waals surface area contributed by atoms with E-state index >= 15 is 0 Å². The fourth-order valence-corrected chi connectivity index (χ4v) is 2.07. The van der Waals surface area contributed by atoms with Crippen LogP contribution in [0.15, 0.2) is 48.5 Å². The molecule has 0 fully saturated rings. The van der Waals surface area contributed by atoms with Gasteiger partial charge in [-0.05, 0) is 43.0 Å². The standard InChI is InChI=1S/C17H19NO3/c19-15-10-9-14(12-16(15)20)17(21)18-11-5-4-8-13-6-2-1-3-7-13/h1-3,6-7,9-10,12,19-20H,4-5,8,11H2,(H,18,21). The summed E-state index contributed by atoms with van der Waals surface area (Å²) in [6.45, 7) is 0.591. The summed E-state index contributed by atoms with van der Waals surface area (Å²) in [7, 11) is 0. The molecule has 0 bridgehead atoms. The van der Waals surface area contributed by atoms with Crippen molar-refractivity contribution >= 4 is 5.91 Å². The summed E-state index contributed by atoms with van der Waals surface area (Å²) < 4.78 is 0. The molecule has 0 aliphatic rings. The predicted octanol–water partition coefficient (Wildman–Crippen LogP) is 2.85. The normalized spacial score (nSPS) is 10.3. The van der Waals surface area contributed by atoms with Gasteiger partial charge in [0.25, 0.3) is 5.91 Å². The van der Waals surface area contributed by atoms with Gasteiger partial charge >= 0.3 is 0 Å². The van der Waals surface area contributed by atoms with Crippen LogP contribution in [0.5, 0.6) is 11.5 Å². The number of carbonyl (C=O) groups is 1. The molecule has 0 heterocycles. The lowest BCUT2D eigenvalue weighted by molar-refractivity contribution is 0.0952. The monoisotopic (exact) mass is 285 g/mol. The molecule has 2 aromatic rings. The fraction of sp³-hybridized carbons (Fsp3) is 0.235. The number of hydrogen-bond donors (Lipinski definition) is 3. The number of aryl methyl sites for hydroxylation is 1. The molecule has 0 unspecified atom stereocenters. The lowest BCUT2D eigenvalue weighted by atomic mass is 10.1. The van der Waals surface area contributed by atoms with Crippen LogP contribution in [0.1, 0.15) is 28.8 Å². The van der Waals surface area contributed by atoms with Crippen LogP contribution in [-0.4, -0.2) is 22.7 Å². The third kappa shape index (κ3) is 4.53. The molecule has 3 N–H and O–H groups in total. The minimum absolute atomic E-state index is 0.227. The SMILES string of the molecule is O=C(NCCCCc1ccccc1)c1ccc(O)c(O)c1. The summed E-state index contributed by atoms with van der Waals surface area (Å²) in [6, 6.07) is 14.3. The van der Waals surface area contributed by atoms with E-state index in [1.54, 1.807) is 0 Å². The third-order valence-corrected chi connectivity index (χ3v) is 3.26. The molecule has 110 valence electrons. The Kier molecular flexibility index (Phi) is 5.21. The topological polar surface area (TPSA) is 69.6 Å². The van der Waals surface area contributed by atoms with E-state index in [0.29, 0.717) is 12.1 Å². The Morgan fingerprint density at radius 1 is 0.952 bits per heavy atom. The zero-order valence-corrected chi connectivity index (χ0v) is 11.7. The summed E-state index contributed by atoms with van der Waals surface area (Å²) in [5.74, 6) is -0.758. The predicted molar refractivity (Wildman–Crippen MR) is 81.5 cm³/mol. The highest BCUT2D eigenvalue weighted by atomic mass is 16.3. The van der Waals surface area contributed by atoms with E-state index in [2.05, 4.69) is 17.4 Å². The van der Waals surface area contributed by atoms with Crippen LogP contribution < -0.4 is 5.32 Å². The van der Waals surface area contributed by atoms with Crippen LogP contribution >= 0.6 is 0 Å². The summed E-state index contributed by atoms with van der Waals surface area (Å²) in [5, 5.41) is 21.4. The molecular formula is C17H19NO3. The Morgan fingerprint density at radius 2 is 1.71 bits per heavy atom. The quantitative estimate of drug-likeness (QED) is 0.564. The van der Waals surface area contributed by atoms with Crippen molar-refractivity contribution in [2.24, 2.45) is 0 Å². The Labute approximate surface area is 124 Å². The van der Waals surface area contributed by atoms with Gasteiger partial charge in [0.1, 0.15) is 0 Å². The summed E-state index contributed by atoms with van der Waals surface area (Å²) in [4.78, 5) is 11.8. The molecule has 0 spiro atoms. The number of phenolic OH excluding ortho intramolecular Hbond substituents is 2. The molecule has 0 radical (unpaired) electrons. The first-order valence-electron chi connectivity index (χ1n) is 7.01. The number of carbonyl (C=O) groups excluding carboxylic acids is 1. The molecule has 2 aromatic carbocycles. The minimum Gasteiger partial charge on any atom is -0.504 e. The molecule has 0 aliphatic heterocycles. The zero-order chi connectivity index (χ0) is 15.1. The number of hydrogen-bond acceptors (Lipinski definition) is 3. The number of rotatable bonds is 6. The van der Waals surface area contributed by atoms with Crippen LogP contribution in [-0.2, 0) is 6.42 Å². The first-order chi connectivity index (χ1) is 10.2. The third-order valence-electron chi connectivity index (χ3n) is 3.26.